The van der Waals surface area contributed by atoms with Gasteiger partial charge in [0.25, 0.3) is 11.4 Å². The van der Waals surface area contributed by atoms with Crippen molar-refractivity contribution >= 4 is 34.4 Å². The number of nitro benzene ring substituents is 2. The van der Waals surface area contributed by atoms with Crippen LogP contribution in [-0.2, 0) is 10.7 Å². The Morgan fingerprint density at radius 2 is 1.13 bits per heavy atom. The van der Waals surface area contributed by atoms with Gasteiger partial charge >= 0.3 is 6.18 Å². The number of nitro groups is 2. The third kappa shape index (κ3) is 3.95. The molecule has 0 aliphatic carbocycles. The molecule has 0 aliphatic heterocycles. The summed E-state index contributed by atoms with van der Waals surface area (Å²) in [5, 5.41) is 22.2. The molecule has 154 valence electrons. The largest absolute Gasteiger partial charge is 0.416 e. The van der Waals surface area contributed by atoms with Gasteiger partial charge in [-0.3, -0.25) is 20.2 Å². The van der Waals surface area contributed by atoms with Crippen LogP contribution in [0.1, 0.15) is 5.56 Å². The van der Waals surface area contributed by atoms with Crippen molar-refractivity contribution in [3.05, 3.63) is 98.6 Å². The fourth-order valence-electron chi connectivity index (χ4n) is 2.91. The van der Waals surface area contributed by atoms with E-state index >= 15 is 0 Å². The first-order chi connectivity index (χ1) is 14.0. The first-order valence-corrected chi connectivity index (χ1v) is 10.0. The lowest BCUT2D eigenvalue weighted by Crippen LogP contribution is -2.26. The highest BCUT2D eigenvalue weighted by molar-refractivity contribution is 7.85. The number of rotatable bonds is 5. The molecule has 0 aromatic heterocycles. The zero-order valence-corrected chi connectivity index (χ0v) is 15.8. The van der Waals surface area contributed by atoms with Gasteiger partial charge in [0.05, 0.1) is 15.4 Å². The van der Waals surface area contributed by atoms with Gasteiger partial charge in [-0.05, 0) is 12.1 Å². The molecule has 0 aliphatic rings. The third-order valence-electron chi connectivity index (χ3n) is 4.37. The van der Waals surface area contributed by atoms with E-state index in [2.05, 4.69) is 0 Å². The van der Waals surface area contributed by atoms with Crippen molar-refractivity contribution in [2.24, 2.45) is 0 Å². The van der Waals surface area contributed by atoms with E-state index in [1.54, 1.807) is 0 Å². The molecular formula is C19H12F3N2O5P. The maximum Gasteiger partial charge on any atom is 0.416 e. The van der Waals surface area contributed by atoms with Crippen LogP contribution in [0.15, 0.2) is 72.8 Å². The molecule has 0 unspecified atom stereocenters. The second-order valence-electron chi connectivity index (χ2n) is 6.21. The normalized spacial score (nSPS) is 11.8. The van der Waals surface area contributed by atoms with Gasteiger partial charge in [-0.1, -0.05) is 36.4 Å². The summed E-state index contributed by atoms with van der Waals surface area (Å²) in [6.07, 6.45) is -4.61. The highest BCUT2D eigenvalue weighted by Gasteiger charge is 2.35. The Kier molecular flexibility index (Phi) is 5.45. The van der Waals surface area contributed by atoms with Gasteiger partial charge < -0.3 is 4.57 Å². The molecule has 0 bridgehead atoms. The molecule has 30 heavy (non-hydrogen) atoms. The van der Waals surface area contributed by atoms with Crippen LogP contribution >= 0.6 is 7.14 Å². The number of nitrogens with zero attached hydrogens (tertiary/aromatic N) is 2. The minimum absolute atomic E-state index is 0.0306. The van der Waals surface area contributed by atoms with Crippen molar-refractivity contribution in [1.82, 2.24) is 0 Å². The Balaban J connectivity index is 2.28. The summed E-state index contributed by atoms with van der Waals surface area (Å²) in [6.45, 7) is 0. The molecular weight excluding hydrogens is 424 g/mol. The molecule has 0 amide bonds. The second-order valence-corrected chi connectivity index (χ2v) is 8.98. The molecule has 0 heterocycles. The van der Waals surface area contributed by atoms with Crippen molar-refractivity contribution < 1.29 is 27.6 Å². The Morgan fingerprint density at radius 3 is 1.50 bits per heavy atom. The van der Waals surface area contributed by atoms with E-state index in [0.717, 1.165) is 36.4 Å². The molecule has 0 spiro atoms. The van der Waals surface area contributed by atoms with Crippen molar-refractivity contribution in [2.45, 2.75) is 6.18 Å². The first-order valence-electron chi connectivity index (χ1n) is 8.31. The average molecular weight is 436 g/mol. The molecule has 0 N–H and O–H groups in total. The van der Waals surface area contributed by atoms with Crippen LogP contribution in [0.2, 0.25) is 0 Å². The van der Waals surface area contributed by atoms with Gasteiger partial charge in [-0.25, -0.2) is 0 Å². The molecule has 3 aromatic carbocycles. The van der Waals surface area contributed by atoms with Crippen LogP contribution < -0.4 is 15.9 Å². The SMILES string of the molecule is O=[N+]([O-])c1cccc(P(=O)(c2ccc(C(F)(F)F)cc2)c2cccc([N+](=O)[O-])c2)c1. The molecule has 0 fully saturated rings. The van der Waals surface area contributed by atoms with Crippen LogP contribution in [0.25, 0.3) is 0 Å². The van der Waals surface area contributed by atoms with E-state index in [4.69, 9.17) is 0 Å². The third-order valence-corrected chi connectivity index (χ3v) is 7.40. The van der Waals surface area contributed by atoms with E-state index in [1.165, 1.54) is 36.4 Å². The average Bonchev–Trinajstić information content (AvgIpc) is 2.72. The quantitative estimate of drug-likeness (QED) is 0.339. The van der Waals surface area contributed by atoms with Crippen molar-refractivity contribution in [2.75, 3.05) is 0 Å². The van der Waals surface area contributed by atoms with E-state index in [0.29, 0.717) is 0 Å². The monoisotopic (exact) mass is 436 g/mol. The van der Waals surface area contributed by atoms with Crippen LogP contribution in [0.4, 0.5) is 24.5 Å². The van der Waals surface area contributed by atoms with Gasteiger partial charge in [0.1, 0.15) is 0 Å². The fourth-order valence-corrected chi connectivity index (χ4v) is 5.60. The molecule has 3 aromatic rings. The lowest BCUT2D eigenvalue weighted by molar-refractivity contribution is -0.384. The molecule has 11 heteroatoms. The lowest BCUT2D eigenvalue weighted by Gasteiger charge is -2.20. The highest BCUT2D eigenvalue weighted by atomic mass is 31.2. The number of hydrogen-bond acceptors (Lipinski definition) is 5. The molecule has 3 rings (SSSR count). The van der Waals surface area contributed by atoms with E-state index in [-0.39, 0.29) is 27.3 Å². The number of benzene rings is 3. The van der Waals surface area contributed by atoms with Crippen molar-refractivity contribution in [1.29, 1.82) is 0 Å². The number of hydrogen-bond donors (Lipinski definition) is 0. The summed E-state index contributed by atoms with van der Waals surface area (Å²) in [7, 11) is -3.96. The van der Waals surface area contributed by atoms with E-state index in [9.17, 15) is 38.0 Å². The van der Waals surface area contributed by atoms with Crippen LogP contribution in [0.5, 0.6) is 0 Å². The minimum atomic E-state index is -4.61. The van der Waals surface area contributed by atoms with Gasteiger partial charge in [0, 0.05) is 40.2 Å². The summed E-state index contributed by atoms with van der Waals surface area (Å²) in [6, 6.07) is 13.2. The smallest absolute Gasteiger partial charge is 0.309 e. The number of alkyl halides is 3. The van der Waals surface area contributed by atoms with Gasteiger partial charge in [-0.15, -0.1) is 0 Å². The number of non-ortho nitro benzene ring substituents is 2. The predicted octanol–water partition coefficient (Wildman–Crippen LogP) is 4.16. The van der Waals surface area contributed by atoms with Crippen LogP contribution in [0, 0.1) is 20.2 Å². The predicted molar refractivity (Wildman–Crippen MR) is 104 cm³/mol. The van der Waals surface area contributed by atoms with Crippen LogP contribution in [0.3, 0.4) is 0 Å². The summed E-state index contributed by atoms with van der Waals surface area (Å²) < 4.78 is 53.0. The molecule has 0 saturated heterocycles. The lowest BCUT2D eigenvalue weighted by atomic mass is 10.2. The first kappa shape index (κ1) is 21.2. The van der Waals surface area contributed by atoms with Crippen molar-refractivity contribution in [3.63, 3.8) is 0 Å². The molecule has 0 atom stereocenters. The van der Waals surface area contributed by atoms with E-state index in [1.807, 2.05) is 0 Å². The molecule has 0 saturated carbocycles. The Labute approximate surface area is 167 Å². The fraction of sp³-hybridized carbons (Fsp3) is 0.0526. The maximum atomic E-state index is 14.2. The van der Waals surface area contributed by atoms with Gasteiger partial charge in [0.15, 0.2) is 7.14 Å². The summed E-state index contributed by atoms with van der Waals surface area (Å²) in [5.74, 6) is 0. The Bertz CT molecular complexity index is 1120. The second kappa shape index (κ2) is 7.72. The molecule has 7 nitrogen and oxygen atoms in total. The Hall–Kier alpha value is -3.52. The summed E-state index contributed by atoms with van der Waals surface area (Å²) in [4.78, 5) is 20.9. The minimum Gasteiger partial charge on any atom is -0.309 e. The van der Waals surface area contributed by atoms with Gasteiger partial charge in [-0.2, -0.15) is 13.2 Å². The van der Waals surface area contributed by atoms with Gasteiger partial charge in [0.2, 0.25) is 0 Å². The standard InChI is InChI=1S/C19H12F3N2O5P/c20-19(21,22)13-7-9-16(10-8-13)30(29,17-5-1-3-14(11-17)23(25)26)18-6-2-4-15(12-18)24(27)28/h1-12H. The zero-order valence-electron chi connectivity index (χ0n) is 14.9. The summed E-state index contributed by atoms with van der Waals surface area (Å²) in [5.41, 5.74) is -1.70. The Morgan fingerprint density at radius 1 is 0.700 bits per heavy atom. The summed E-state index contributed by atoms with van der Waals surface area (Å²) >= 11 is 0. The topological polar surface area (TPSA) is 103 Å². The highest BCUT2D eigenvalue weighted by Crippen LogP contribution is 2.44. The van der Waals surface area contributed by atoms with Crippen LogP contribution in [-0.4, -0.2) is 9.85 Å². The zero-order chi connectivity index (χ0) is 22.1. The van der Waals surface area contributed by atoms with E-state index < -0.39 is 28.7 Å². The van der Waals surface area contributed by atoms with Crippen molar-refractivity contribution in [3.8, 4) is 0 Å². The molecule has 0 radical (unpaired) electrons. The number of halogens is 3. The maximum absolute atomic E-state index is 14.2.